The number of hydrogen-bond donors (Lipinski definition) is 2. The van der Waals surface area contributed by atoms with E-state index in [-0.39, 0.29) is 0 Å². The van der Waals surface area contributed by atoms with Crippen LogP contribution in [0.15, 0.2) is 29.2 Å². The molecule has 3 nitrogen and oxygen atoms in total. The molecule has 0 aromatic heterocycles. The van der Waals surface area contributed by atoms with Gasteiger partial charge in [0.05, 0.1) is 0 Å². The molecule has 72 valence electrons. The second kappa shape index (κ2) is 4.70. The van der Waals surface area contributed by atoms with Crippen LogP contribution in [0.3, 0.4) is 0 Å². The molecule has 13 heavy (non-hydrogen) atoms. The Hall–Kier alpha value is -1.25. The highest BCUT2D eigenvalue weighted by Crippen LogP contribution is 2.18. The van der Waals surface area contributed by atoms with Gasteiger partial charge in [-0.15, -0.1) is 0 Å². The fraction of sp³-hybridized carbons (Fsp3) is 0.500. The maximum Gasteiger partial charge on any atom is 0.0424 e. The van der Waals surface area contributed by atoms with E-state index in [0.29, 0.717) is 5.92 Å². The Kier molecular flexibility index (Phi) is 3.55. The minimum atomic E-state index is 0.478. The fourth-order valence-electron chi connectivity index (χ4n) is 1.38. The van der Waals surface area contributed by atoms with Crippen molar-refractivity contribution >= 4 is 5.71 Å². The van der Waals surface area contributed by atoms with Crippen LogP contribution >= 0.6 is 0 Å². The van der Waals surface area contributed by atoms with E-state index < -0.39 is 0 Å². The molecule has 1 aliphatic rings. The van der Waals surface area contributed by atoms with Crippen LogP contribution in [0.2, 0.25) is 0 Å². The van der Waals surface area contributed by atoms with Crippen LogP contribution in [-0.4, -0.2) is 12.8 Å². The van der Waals surface area contributed by atoms with Gasteiger partial charge in [-0.05, 0) is 6.42 Å². The van der Waals surface area contributed by atoms with Gasteiger partial charge in [0.2, 0.25) is 0 Å². The lowest BCUT2D eigenvalue weighted by Crippen LogP contribution is -2.18. The van der Waals surface area contributed by atoms with Gasteiger partial charge in [0.1, 0.15) is 0 Å². The zero-order chi connectivity index (χ0) is 9.68. The average molecular weight is 179 g/mol. The zero-order valence-corrected chi connectivity index (χ0v) is 8.25. The second-order valence-corrected chi connectivity index (χ2v) is 3.31. The smallest absolute Gasteiger partial charge is 0.0424 e. The van der Waals surface area contributed by atoms with Crippen LogP contribution < -0.4 is 11.1 Å². The van der Waals surface area contributed by atoms with E-state index in [1.807, 2.05) is 19.3 Å². The van der Waals surface area contributed by atoms with E-state index in [0.717, 1.165) is 18.5 Å². The van der Waals surface area contributed by atoms with Crippen molar-refractivity contribution in [3.05, 3.63) is 24.2 Å². The summed E-state index contributed by atoms with van der Waals surface area (Å²) in [5.74, 6) is 0.478. The van der Waals surface area contributed by atoms with Crippen molar-refractivity contribution in [2.75, 3.05) is 7.05 Å². The lowest BCUT2D eigenvalue weighted by molar-refractivity contribution is 0.720. The predicted octanol–water partition coefficient (Wildman–Crippen LogP) is 1.39. The van der Waals surface area contributed by atoms with Gasteiger partial charge < -0.3 is 11.1 Å². The summed E-state index contributed by atoms with van der Waals surface area (Å²) in [5.41, 5.74) is 7.92. The largest absolute Gasteiger partial charge is 0.402 e. The van der Waals surface area contributed by atoms with Crippen LogP contribution in [-0.2, 0) is 0 Å². The molecule has 0 spiro atoms. The Balaban J connectivity index is 2.61. The van der Waals surface area contributed by atoms with E-state index >= 15 is 0 Å². The van der Waals surface area contributed by atoms with Crippen molar-refractivity contribution in [2.24, 2.45) is 16.6 Å². The van der Waals surface area contributed by atoms with Crippen LogP contribution in [0.4, 0.5) is 0 Å². The van der Waals surface area contributed by atoms with Gasteiger partial charge in [-0.1, -0.05) is 13.0 Å². The van der Waals surface area contributed by atoms with E-state index in [1.54, 1.807) is 6.20 Å². The lowest BCUT2D eigenvalue weighted by Gasteiger charge is -2.18. The number of allylic oxidation sites excluding steroid dienone is 2. The molecular weight excluding hydrogens is 162 g/mol. The Morgan fingerprint density at radius 3 is 3.08 bits per heavy atom. The topological polar surface area (TPSA) is 50.4 Å². The number of nitrogens with zero attached hydrogens (tertiary/aromatic N) is 1. The Labute approximate surface area is 79.4 Å². The van der Waals surface area contributed by atoms with E-state index in [2.05, 4.69) is 17.2 Å². The molecule has 0 aliphatic heterocycles. The van der Waals surface area contributed by atoms with Gasteiger partial charge in [-0.25, -0.2) is 0 Å². The SMILES string of the molecule is CN/C=C\N=C1CC=C(N)CC1C. The van der Waals surface area contributed by atoms with Crippen LogP contribution in [0.1, 0.15) is 19.8 Å². The molecule has 0 saturated carbocycles. The molecule has 0 aromatic rings. The molecule has 0 heterocycles. The van der Waals surface area contributed by atoms with Gasteiger partial charge in [0, 0.05) is 43.2 Å². The zero-order valence-electron chi connectivity index (χ0n) is 8.25. The molecule has 3 heteroatoms. The first-order valence-corrected chi connectivity index (χ1v) is 4.57. The third-order valence-electron chi connectivity index (χ3n) is 2.17. The average Bonchev–Trinajstić information content (AvgIpc) is 2.09. The van der Waals surface area contributed by atoms with Crippen molar-refractivity contribution in [1.29, 1.82) is 0 Å². The first-order valence-electron chi connectivity index (χ1n) is 4.57. The van der Waals surface area contributed by atoms with Gasteiger partial charge in [0.25, 0.3) is 0 Å². The summed E-state index contributed by atoms with van der Waals surface area (Å²) < 4.78 is 0. The molecule has 1 aliphatic carbocycles. The molecule has 0 bridgehead atoms. The molecule has 1 unspecified atom stereocenters. The summed E-state index contributed by atoms with van der Waals surface area (Å²) in [7, 11) is 1.86. The van der Waals surface area contributed by atoms with Crippen molar-refractivity contribution < 1.29 is 0 Å². The fourth-order valence-corrected chi connectivity index (χ4v) is 1.38. The summed E-state index contributed by atoms with van der Waals surface area (Å²) in [4.78, 5) is 4.36. The molecule has 0 fully saturated rings. The van der Waals surface area contributed by atoms with Crippen molar-refractivity contribution in [3.63, 3.8) is 0 Å². The quantitative estimate of drug-likeness (QED) is 0.673. The third-order valence-corrected chi connectivity index (χ3v) is 2.17. The van der Waals surface area contributed by atoms with Gasteiger partial charge in [0.15, 0.2) is 0 Å². The first kappa shape index (κ1) is 9.84. The van der Waals surface area contributed by atoms with Crippen molar-refractivity contribution in [1.82, 2.24) is 5.32 Å². The molecule has 0 amide bonds. The van der Waals surface area contributed by atoms with Crippen LogP contribution in [0, 0.1) is 5.92 Å². The maximum atomic E-state index is 5.72. The molecule has 1 atom stereocenters. The highest BCUT2D eigenvalue weighted by molar-refractivity contribution is 5.89. The number of aliphatic imine (C=N–C) groups is 1. The number of nitrogens with two attached hydrogens (primary N) is 1. The Morgan fingerprint density at radius 2 is 2.46 bits per heavy atom. The summed E-state index contributed by atoms with van der Waals surface area (Å²) >= 11 is 0. The minimum absolute atomic E-state index is 0.478. The van der Waals surface area contributed by atoms with Gasteiger partial charge in [-0.2, -0.15) is 0 Å². The summed E-state index contributed by atoms with van der Waals surface area (Å²) in [5, 5.41) is 2.90. The molecule has 0 radical (unpaired) electrons. The lowest BCUT2D eigenvalue weighted by atomic mass is 9.92. The van der Waals surface area contributed by atoms with Gasteiger partial charge >= 0.3 is 0 Å². The normalized spacial score (nSPS) is 26.5. The van der Waals surface area contributed by atoms with Crippen molar-refractivity contribution in [3.8, 4) is 0 Å². The summed E-state index contributed by atoms with van der Waals surface area (Å²) in [6, 6.07) is 0. The number of nitrogens with one attached hydrogen (secondary N) is 1. The maximum absolute atomic E-state index is 5.72. The summed E-state index contributed by atoms with van der Waals surface area (Å²) in [6.45, 7) is 2.16. The van der Waals surface area contributed by atoms with Crippen molar-refractivity contribution in [2.45, 2.75) is 19.8 Å². The molecular formula is C10H17N3. The standard InChI is InChI=1S/C10H17N3/c1-8-7-9(11)3-4-10(8)13-6-5-12-2/h3,5-6,8,12H,4,7,11H2,1-2H3/b6-5-,13-10?. The summed E-state index contributed by atoms with van der Waals surface area (Å²) in [6.07, 6.45) is 7.49. The number of hydrogen-bond acceptors (Lipinski definition) is 3. The van der Waals surface area contributed by atoms with Gasteiger partial charge in [-0.3, -0.25) is 4.99 Å². The molecule has 1 rings (SSSR count). The van der Waals surface area contributed by atoms with E-state index in [1.165, 1.54) is 5.71 Å². The highest BCUT2D eigenvalue weighted by Gasteiger charge is 2.14. The highest BCUT2D eigenvalue weighted by atomic mass is 14.8. The molecule has 3 N–H and O–H groups in total. The number of rotatable bonds is 2. The van der Waals surface area contributed by atoms with E-state index in [4.69, 9.17) is 5.73 Å². The monoisotopic (exact) mass is 179 g/mol. The molecule has 0 aromatic carbocycles. The third kappa shape index (κ3) is 2.93. The molecule has 0 saturated heterocycles. The second-order valence-electron chi connectivity index (χ2n) is 3.31. The van der Waals surface area contributed by atoms with E-state index in [9.17, 15) is 0 Å². The minimum Gasteiger partial charge on any atom is -0.402 e. The first-order chi connectivity index (χ1) is 6.24. The van der Waals surface area contributed by atoms with Crippen LogP contribution in [0.25, 0.3) is 0 Å². The van der Waals surface area contributed by atoms with Crippen LogP contribution in [0.5, 0.6) is 0 Å². The Morgan fingerprint density at radius 1 is 1.69 bits per heavy atom. The Bertz CT molecular complexity index is 251. The predicted molar refractivity (Wildman–Crippen MR) is 56.3 cm³/mol.